The molecule has 2 aromatic heterocycles. The molecule has 0 N–H and O–H groups in total. The number of hydrogen-bond acceptors (Lipinski definition) is 6. The van der Waals surface area contributed by atoms with E-state index in [1.165, 1.54) is 11.1 Å². The average Bonchev–Trinajstić information content (AvgIpc) is 3.33. The van der Waals surface area contributed by atoms with Crippen molar-refractivity contribution in [3.63, 3.8) is 0 Å². The Balaban J connectivity index is 1.34. The molecule has 1 aromatic carbocycles. The number of aryl methyl sites for hydroxylation is 1. The van der Waals surface area contributed by atoms with E-state index in [-0.39, 0.29) is 6.04 Å². The summed E-state index contributed by atoms with van der Waals surface area (Å²) in [5.41, 5.74) is 2.72. The number of nitrogens with zero attached hydrogens (tertiary/aromatic N) is 4. The Morgan fingerprint density at radius 2 is 1.96 bits per heavy atom. The Hall–Kier alpha value is -2.02. The second kappa shape index (κ2) is 7.70. The lowest BCUT2D eigenvalue weighted by molar-refractivity contribution is 0.0876. The molecule has 0 amide bonds. The van der Waals surface area contributed by atoms with Crippen LogP contribution in [-0.4, -0.2) is 46.2 Å². The first-order chi connectivity index (χ1) is 12.7. The van der Waals surface area contributed by atoms with E-state index < -0.39 is 0 Å². The molecule has 3 aromatic rings. The van der Waals surface area contributed by atoms with Gasteiger partial charge in [0, 0.05) is 32.7 Å². The largest absolute Gasteiger partial charge is 0.418 e. The molecule has 0 spiro atoms. The van der Waals surface area contributed by atoms with Crippen LogP contribution in [0.5, 0.6) is 0 Å². The number of piperazine rings is 1. The van der Waals surface area contributed by atoms with Gasteiger partial charge in [-0.05, 0) is 30.9 Å². The van der Waals surface area contributed by atoms with Crippen LogP contribution in [-0.2, 0) is 6.54 Å². The van der Waals surface area contributed by atoms with E-state index in [1.54, 1.807) is 11.3 Å². The minimum atomic E-state index is 0.150. The van der Waals surface area contributed by atoms with Crippen LogP contribution in [0.25, 0.3) is 10.8 Å². The Morgan fingerprint density at radius 3 is 2.69 bits per heavy atom. The molecule has 6 heteroatoms. The maximum atomic E-state index is 5.91. The SMILES string of the molecule is Cc1cccc(CN2CCN(C(C)c3nnc(-c4cccs4)o3)CC2)c1. The van der Waals surface area contributed by atoms with Crippen molar-refractivity contribution in [1.82, 2.24) is 20.0 Å². The van der Waals surface area contributed by atoms with Gasteiger partial charge in [-0.25, -0.2) is 0 Å². The van der Waals surface area contributed by atoms with Gasteiger partial charge in [0.05, 0.1) is 10.9 Å². The van der Waals surface area contributed by atoms with Crippen molar-refractivity contribution in [2.75, 3.05) is 26.2 Å². The fourth-order valence-corrected chi connectivity index (χ4v) is 4.08. The van der Waals surface area contributed by atoms with Gasteiger partial charge in [-0.1, -0.05) is 35.9 Å². The molecule has 3 heterocycles. The van der Waals surface area contributed by atoms with Crippen molar-refractivity contribution in [1.29, 1.82) is 0 Å². The minimum Gasteiger partial charge on any atom is -0.418 e. The molecule has 5 nitrogen and oxygen atoms in total. The number of thiophene rings is 1. The van der Waals surface area contributed by atoms with Crippen LogP contribution >= 0.6 is 11.3 Å². The van der Waals surface area contributed by atoms with Crippen LogP contribution in [0.2, 0.25) is 0 Å². The second-order valence-corrected chi connectivity index (χ2v) is 7.85. The Bertz CT molecular complexity index is 837. The van der Waals surface area contributed by atoms with Crippen LogP contribution in [0.4, 0.5) is 0 Å². The summed E-state index contributed by atoms with van der Waals surface area (Å²) in [5.74, 6) is 1.33. The molecule has 26 heavy (non-hydrogen) atoms. The van der Waals surface area contributed by atoms with Gasteiger partial charge in [-0.15, -0.1) is 21.5 Å². The predicted molar refractivity (Wildman–Crippen MR) is 104 cm³/mol. The highest BCUT2D eigenvalue weighted by atomic mass is 32.1. The molecular weight excluding hydrogens is 344 g/mol. The first kappa shape index (κ1) is 17.4. The third kappa shape index (κ3) is 3.87. The Morgan fingerprint density at radius 1 is 1.12 bits per heavy atom. The molecule has 1 saturated heterocycles. The molecular formula is C20H24N4OS. The normalized spacial score (nSPS) is 17.5. The lowest BCUT2D eigenvalue weighted by Gasteiger charge is -2.36. The molecule has 136 valence electrons. The highest BCUT2D eigenvalue weighted by molar-refractivity contribution is 7.13. The number of benzene rings is 1. The first-order valence-corrected chi connectivity index (χ1v) is 9.96. The number of rotatable bonds is 5. The van der Waals surface area contributed by atoms with E-state index in [2.05, 4.69) is 58.1 Å². The standard InChI is InChI=1S/C20H24N4OS/c1-15-5-3-6-17(13-15)14-23-8-10-24(11-9-23)16(2)19-21-22-20(25-19)18-7-4-12-26-18/h3-7,12-13,16H,8-11,14H2,1-2H3. The molecule has 1 unspecified atom stereocenters. The zero-order valence-corrected chi connectivity index (χ0v) is 16.1. The summed E-state index contributed by atoms with van der Waals surface area (Å²) >= 11 is 1.62. The summed E-state index contributed by atoms with van der Waals surface area (Å²) in [6.45, 7) is 9.48. The molecule has 1 aliphatic rings. The summed E-state index contributed by atoms with van der Waals surface area (Å²) < 4.78 is 5.91. The van der Waals surface area contributed by atoms with Crippen molar-refractivity contribution >= 4 is 11.3 Å². The minimum absolute atomic E-state index is 0.150. The third-order valence-electron chi connectivity index (χ3n) is 4.97. The van der Waals surface area contributed by atoms with Gasteiger partial charge in [0.2, 0.25) is 5.89 Å². The third-order valence-corrected chi connectivity index (χ3v) is 5.83. The maximum Gasteiger partial charge on any atom is 0.257 e. The van der Waals surface area contributed by atoms with Crippen molar-refractivity contribution in [2.45, 2.75) is 26.4 Å². The van der Waals surface area contributed by atoms with E-state index in [9.17, 15) is 0 Å². The van der Waals surface area contributed by atoms with E-state index in [0.717, 1.165) is 37.6 Å². The topological polar surface area (TPSA) is 45.4 Å². The zero-order valence-electron chi connectivity index (χ0n) is 15.3. The monoisotopic (exact) mass is 368 g/mol. The Labute approximate surface area is 158 Å². The molecule has 0 saturated carbocycles. The van der Waals surface area contributed by atoms with E-state index in [0.29, 0.717) is 11.8 Å². The molecule has 0 aliphatic carbocycles. The van der Waals surface area contributed by atoms with Gasteiger partial charge < -0.3 is 4.42 Å². The van der Waals surface area contributed by atoms with Crippen LogP contribution in [0.1, 0.15) is 30.0 Å². The molecule has 1 atom stereocenters. The summed E-state index contributed by atoms with van der Waals surface area (Å²) in [6.07, 6.45) is 0. The van der Waals surface area contributed by atoms with Gasteiger partial charge in [0.25, 0.3) is 5.89 Å². The zero-order chi connectivity index (χ0) is 17.9. The van der Waals surface area contributed by atoms with E-state index in [4.69, 9.17) is 4.42 Å². The quantitative estimate of drug-likeness (QED) is 0.681. The molecule has 1 aliphatic heterocycles. The van der Waals surface area contributed by atoms with Crippen LogP contribution in [0, 0.1) is 6.92 Å². The van der Waals surface area contributed by atoms with Crippen LogP contribution in [0.15, 0.2) is 46.2 Å². The van der Waals surface area contributed by atoms with Gasteiger partial charge >= 0.3 is 0 Å². The fourth-order valence-electron chi connectivity index (χ4n) is 3.44. The second-order valence-electron chi connectivity index (χ2n) is 6.90. The highest BCUT2D eigenvalue weighted by Gasteiger charge is 2.26. The van der Waals surface area contributed by atoms with Crippen molar-refractivity contribution in [2.24, 2.45) is 0 Å². The highest BCUT2D eigenvalue weighted by Crippen LogP contribution is 2.27. The van der Waals surface area contributed by atoms with Gasteiger partial charge in [-0.2, -0.15) is 0 Å². The lowest BCUT2D eigenvalue weighted by Crippen LogP contribution is -2.46. The van der Waals surface area contributed by atoms with Crippen molar-refractivity contribution in [3.8, 4) is 10.8 Å². The van der Waals surface area contributed by atoms with Gasteiger partial charge in [0.15, 0.2) is 0 Å². The smallest absolute Gasteiger partial charge is 0.257 e. The maximum absolute atomic E-state index is 5.91. The predicted octanol–water partition coefficient (Wildman–Crippen LogP) is 3.99. The van der Waals surface area contributed by atoms with Gasteiger partial charge in [0.1, 0.15) is 0 Å². The molecule has 0 radical (unpaired) electrons. The van der Waals surface area contributed by atoms with E-state index >= 15 is 0 Å². The number of aromatic nitrogens is 2. The summed E-state index contributed by atoms with van der Waals surface area (Å²) in [4.78, 5) is 5.97. The summed E-state index contributed by atoms with van der Waals surface area (Å²) in [6, 6.07) is 12.9. The van der Waals surface area contributed by atoms with E-state index in [1.807, 2.05) is 17.5 Å². The average molecular weight is 369 g/mol. The molecule has 0 bridgehead atoms. The Kier molecular flexibility index (Phi) is 5.15. The molecule has 4 rings (SSSR count). The molecule has 1 fully saturated rings. The lowest BCUT2D eigenvalue weighted by atomic mass is 10.1. The fraction of sp³-hybridized carbons (Fsp3) is 0.400. The van der Waals surface area contributed by atoms with Crippen molar-refractivity contribution < 1.29 is 4.42 Å². The van der Waals surface area contributed by atoms with Crippen molar-refractivity contribution in [3.05, 3.63) is 58.8 Å². The van der Waals surface area contributed by atoms with Crippen LogP contribution < -0.4 is 0 Å². The number of hydrogen-bond donors (Lipinski definition) is 0. The summed E-state index contributed by atoms with van der Waals surface area (Å²) in [7, 11) is 0. The van der Waals surface area contributed by atoms with Gasteiger partial charge in [-0.3, -0.25) is 9.80 Å². The summed E-state index contributed by atoms with van der Waals surface area (Å²) in [5, 5.41) is 10.5. The first-order valence-electron chi connectivity index (χ1n) is 9.08. The van der Waals surface area contributed by atoms with Crippen LogP contribution in [0.3, 0.4) is 0 Å².